The number of fused-ring (bicyclic) bond motifs is 2. The molecule has 1 saturated carbocycles. The Morgan fingerprint density at radius 1 is 0.952 bits per heavy atom. The molecule has 0 spiro atoms. The molecule has 62 heavy (non-hydrogen) atoms. The SMILES string of the molecule is C=CCO[C@@]12Oc3ccc(Oc4ccc(-c5ccccc5)cc4)cc3[C@H]3[C@H](CCCCO)[C@@H](CCCCO)C=C(C(=NOC4CCCCO4)C[C@@H]1N(C)C(=O)OCC(C)(C)C)[C@H]32. The van der Waals surface area contributed by atoms with Gasteiger partial charge in [-0.15, -0.1) is 6.58 Å². The average molecular weight is 851 g/mol. The third-order valence-corrected chi connectivity index (χ3v) is 12.6. The smallest absolute Gasteiger partial charge is 0.410 e. The molecular weight excluding hydrogens is 785 g/mol. The van der Waals surface area contributed by atoms with E-state index < -0.39 is 30.1 Å². The van der Waals surface area contributed by atoms with E-state index in [0.29, 0.717) is 42.4 Å². The van der Waals surface area contributed by atoms with Crippen molar-refractivity contribution in [2.45, 2.75) is 109 Å². The summed E-state index contributed by atoms with van der Waals surface area (Å²) >= 11 is 0. The molecule has 1 amide bonds. The molecule has 2 aliphatic heterocycles. The third kappa shape index (κ3) is 10.4. The predicted molar refractivity (Wildman–Crippen MR) is 240 cm³/mol. The maximum Gasteiger partial charge on any atom is 0.410 e. The summed E-state index contributed by atoms with van der Waals surface area (Å²) in [6, 6.07) is 23.7. The molecule has 2 aliphatic carbocycles. The lowest BCUT2D eigenvalue weighted by molar-refractivity contribution is -0.254. The molecule has 2 heterocycles. The summed E-state index contributed by atoms with van der Waals surface area (Å²) in [6.07, 6.45) is 10.8. The van der Waals surface area contributed by atoms with Gasteiger partial charge >= 0.3 is 6.09 Å². The summed E-state index contributed by atoms with van der Waals surface area (Å²) in [6.45, 7) is 11.3. The molecule has 0 aromatic heterocycles. The van der Waals surface area contributed by atoms with E-state index in [1.165, 1.54) is 0 Å². The fourth-order valence-corrected chi connectivity index (χ4v) is 9.70. The van der Waals surface area contributed by atoms with Crippen molar-refractivity contribution in [3.05, 3.63) is 103 Å². The summed E-state index contributed by atoms with van der Waals surface area (Å²) in [5, 5.41) is 24.8. The minimum atomic E-state index is -1.38. The Hall–Kier alpha value is -4.68. The highest BCUT2D eigenvalue weighted by Crippen LogP contribution is 2.62. The van der Waals surface area contributed by atoms with Gasteiger partial charge < -0.3 is 43.6 Å². The van der Waals surface area contributed by atoms with Crippen LogP contribution in [0, 0.1) is 23.2 Å². The third-order valence-electron chi connectivity index (χ3n) is 12.6. The number of aliphatic hydroxyl groups is 2. The van der Waals surface area contributed by atoms with Crippen LogP contribution in [0.4, 0.5) is 4.79 Å². The molecule has 11 heteroatoms. The van der Waals surface area contributed by atoms with Crippen molar-refractivity contribution >= 4 is 11.8 Å². The van der Waals surface area contributed by atoms with Gasteiger partial charge in [0.15, 0.2) is 0 Å². The number of aliphatic hydroxyl groups excluding tert-OH is 2. The van der Waals surface area contributed by atoms with Gasteiger partial charge in [-0.05, 0) is 103 Å². The van der Waals surface area contributed by atoms with E-state index in [2.05, 4.69) is 43.0 Å². The van der Waals surface area contributed by atoms with Crippen LogP contribution in [0.1, 0.15) is 96.5 Å². The van der Waals surface area contributed by atoms with Crippen LogP contribution < -0.4 is 9.47 Å². The minimum Gasteiger partial charge on any atom is -0.459 e. The van der Waals surface area contributed by atoms with Gasteiger partial charge in [0.25, 0.3) is 0 Å². The summed E-state index contributed by atoms with van der Waals surface area (Å²) < 4.78 is 32.9. The number of allylic oxidation sites excluding steroid dienone is 1. The molecule has 7 atom stereocenters. The monoisotopic (exact) mass is 850 g/mol. The van der Waals surface area contributed by atoms with Crippen LogP contribution in [0.3, 0.4) is 0 Å². The first-order valence-corrected chi connectivity index (χ1v) is 22.6. The molecule has 2 N–H and O–H groups in total. The molecule has 1 saturated heterocycles. The van der Waals surface area contributed by atoms with Gasteiger partial charge in [0, 0.05) is 44.6 Å². The quantitative estimate of drug-likeness (QED) is 0.0730. The number of hydrogen-bond acceptors (Lipinski definition) is 10. The van der Waals surface area contributed by atoms with Gasteiger partial charge in [-0.2, -0.15) is 0 Å². The molecule has 7 rings (SSSR count). The van der Waals surface area contributed by atoms with Crippen LogP contribution >= 0.6 is 0 Å². The average Bonchev–Trinajstić information content (AvgIpc) is 3.28. The molecule has 0 bridgehead atoms. The molecule has 4 aliphatic rings. The Kier molecular flexibility index (Phi) is 15.1. The van der Waals surface area contributed by atoms with Gasteiger partial charge in [-0.3, -0.25) is 0 Å². The lowest BCUT2D eigenvalue weighted by Crippen LogP contribution is -2.69. The first-order chi connectivity index (χ1) is 30.0. The van der Waals surface area contributed by atoms with E-state index in [9.17, 15) is 15.0 Å². The molecule has 334 valence electrons. The summed E-state index contributed by atoms with van der Waals surface area (Å²) in [5.74, 6) is 0.176. The van der Waals surface area contributed by atoms with E-state index >= 15 is 0 Å². The molecule has 1 unspecified atom stereocenters. The number of carbonyl (C=O) groups excluding carboxylic acids is 1. The summed E-state index contributed by atoms with van der Waals surface area (Å²) in [7, 11) is 1.75. The van der Waals surface area contributed by atoms with Gasteiger partial charge in [-0.25, -0.2) is 4.79 Å². The van der Waals surface area contributed by atoms with Crippen LogP contribution in [-0.4, -0.2) is 85.1 Å². The zero-order chi connectivity index (χ0) is 43.7. The number of oxime groups is 1. The molecule has 11 nitrogen and oxygen atoms in total. The number of amides is 1. The van der Waals surface area contributed by atoms with Crippen molar-refractivity contribution in [3.63, 3.8) is 0 Å². The molecule has 0 radical (unpaired) electrons. The Balaban J connectivity index is 1.37. The highest BCUT2D eigenvalue weighted by molar-refractivity contribution is 6.03. The molecule has 3 aromatic rings. The fourth-order valence-electron chi connectivity index (χ4n) is 9.70. The van der Waals surface area contributed by atoms with Gasteiger partial charge in [0.05, 0.1) is 31.5 Å². The van der Waals surface area contributed by atoms with Crippen molar-refractivity contribution in [1.29, 1.82) is 0 Å². The second kappa shape index (κ2) is 20.7. The van der Waals surface area contributed by atoms with Crippen LogP contribution in [0.5, 0.6) is 17.2 Å². The summed E-state index contributed by atoms with van der Waals surface area (Å²) in [4.78, 5) is 22.0. The van der Waals surface area contributed by atoms with Crippen LogP contribution in [-0.2, 0) is 19.0 Å². The van der Waals surface area contributed by atoms with E-state index in [0.717, 1.165) is 67.2 Å². The fraction of sp³-hybridized carbons (Fsp3) is 0.529. The Morgan fingerprint density at radius 2 is 1.68 bits per heavy atom. The second-order valence-electron chi connectivity index (χ2n) is 18.4. The zero-order valence-electron chi connectivity index (χ0n) is 37.0. The van der Waals surface area contributed by atoms with Gasteiger partial charge in [0.1, 0.15) is 23.3 Å². The first kappa shape index (κ1) is 45.3. The Morgan fingerprint density at radius 3 is 2.37 bits per heavy atom. The van der Waals surface area contributed by atoms with Crippen molar-refractivity contribution < 1.29 is 43.5 Å². The number of ether oxygens (including phenoxy) is 5. The molecular formula is C51H66N2O9. The highest BCUT2D eigenvalue weighted by Gasteiger charge is 2.65. The lowest BCUT2D eigenvalue weighted by atomic mass is 9.55. The zero-order valence-corrected chi connectivity index (χ0v) is 37.0. The van der Waals surface area contributed by atoms with Crippen LogP contribution in [0.15, 0.2) is 102 Å². The van der Waals surface area contributed by atoms with E-state index in [4.69, 9.17) is 33.7 Å². The maximum atomic E-state index is 14.1. The highest BCUT2D eigenvalue weighted by atomic mass is 16.8. The number of likely N-dealkylation sites (N-methyl/N-ethyl adjacent to an activating group) is 1. The van der Waals surface area contributed by atoms with Crippen molar-refractivity contribution in [1.82, 2.24) is 4.90 Å². The lowest BCUT2D eigenvalue weighted by Gasteiger charge is -2.59. The number of carbonyl (C=O) groups is 1. The first-order valence-electron chi connectivity index (χ1n) is 22.6. The number of rotatable bonds is 18. The van der Waals surface area contributed by atoms with Crippen molar-refractivity contribution in [2.75, 3.05) is 40.1 Å². The number of nitrogens with zero attached hydrogens (tertiary/aromatic N) is 2. The normalized spacial score (nSPS) is 26.0. The molecule has 2 fully saturated rings. The van der Waals surface area contributed by atoms with Crippen molar-refractivity contribution in [3.8, 4) is 28.4 Å². The van der Waals surface area contributed by atoms with Crippen LogP contribution in [0.25, 0.3) is 11.1 Å². The minimum absolute atomic E-state index is 0.0736. The van der Waals surface area contributed by atoms with E-state index in [-0.39, 0.29) is 56.0 Å². The topological polar surface area (TPSA) is 129 Å². The predicted octanol–water partition coefficient (Wildman–Crippen LogP) is 10.4. The van der Waals surface area contributed by atoms with Gasteiger partial charge in [0.2, 0.25) is 12.1 Å². The van der Waals surface area contributed by atoms with Crippen LogP contribution in [0.2, 0.25) is 0 Å². The van der Waals surface area contributed by atoms with E-state index in [1.54, 1.807) is 18.0 Å². The van der Waals surface area contributed by atoms with Crippen molar-refractivity contribution in [2.24, 2.45) is 28.3 Å². The largest absolute Gasteiger partial charge is 0.459 e. The summed E-state index contributed by atoms with van der Waals surface area (Å²) in [5.41, 5.74) is 4.64. The van der Waals surface area contributed by atoms with E-state index in [1.807, 2.05) is 63.2 Å². The molecule has 3 aromatic carbocycles. The maximum absolute atomic E-state index is 14.1. The Bertz CT molecular complexity index is 2010. The number of benzene rings is 3. The van der Waals surface area contributed by atoms with Gasteiger partial charge in [-0.1, -0.05) is 93.4 Å². The standard InChI is InChI=1S/C51H66N2O9/c1-6-29-59-51-45(53(5)49(56)58-34-50(2,3)4)33-43(52-62-46-20-12-15-30-57-46)41-31-37(18-10-13-27-54)40(19-11-14-28-55)47(48(41)51)42-32-39(25-26-44(42)61-51)60-38-23-21-36(22-24-38)35-16-8-7-9-17-35/h6-9,16-17,21-26,31-32,37,40,45-48,54-55H,1,10-15,18-20,27-30,33-34H2,2-5H3/t37-,40+,45-,46?,47+,48+,51+/m0/s1. The second-order valence-corrected chi connectivity index (χ2v) is 18.4. The Labute approximate surface area is 367 Å². The number of hydrogen-bond donors (Lipinski definition) is 2. The number of unbranched alkanes of at least 4 members (excludes halogenated alkanes) is 2.